The van der Waals surface area contributed by atoms with Gasteiger partial charge in [0.15, 0.2) is 0 Å². The monoisotopic (exact) mass is 309 g/mol. The Balaban J connectivity index is 2.85. The maximum Gasteiger partial charge on any atom is 0.305 e. The summed E-state index contributed by atoms with van der Waals surface area (Å²) in [7, 11) is 0. The van der Waals surface area contributed by atoms with E-state index in [-0.39, 0.29) is 12.2 Å². The van der Waals surface area contributed by atoms with Gasteiger partial charge in [-0.15, -0.1) is 0 Å². The summed E-state index contributed by atoms with van der Waals surface area (Å²) in [6, 6.07) is 3.77. The SMILES string of the molecule is N[C@H](CC(=O)O)c1ccc(F)c(I)c1. The first-order valence-electron chi connectivity index (χ1n) is 3.93. The Morgan fingerprint density at radius 1 is 1.64 bits per heavy atom. The summed E-state index contributed by atoms with van der Waals surface area (Å²) >= 11 is 1.84. The van der Waals surface area contributed by atoms with Crippen LogP contribution in [-0.2, 0) is 4.79 Å². The van der Waals surface area contributed by atoms with E-state index in [1.54, 1.807) is 6.07 Å². The van der Waals surface area contributed by atoms with Crippen LogP contribution >= 0.6 is 22.6 Å². The fraction of sp³-hybridized carbons (Fsp3) is 0.222. The molecule has 0 fully saturated rings. The van der Waals surface area contributed by atoms with E-state index in [1.807, 2.05) is 22.6 Å². The Hall–Kier alpha value is -0.690. The van der Waals surface area contributed by atoms with E-state index in [4.69, 9.17) is 10.8 Å². The summed E-state index contributed by atoms with van der Waals surface area (Å²) in [5.74, 6) is -1.28. The molecule has 0 heterocycles. The second-order valence-electron chi connectivity index (χ2n) is 2.88. The molecule has 0 saturated carbocycles. The molecule has 0 amide bonds. The summed E-state index contributed by atoms with van der Waals surface area (Å²) in [4.78, 5) is 10.4. The van der Waals surface area contributed by atoms with Crippen molar-refractivity contribution in [2.45, 2.75) is 12.5 Å². The van der Waals surface area contributed by atoms with Gasteiger partial charge in [0.25, 0.3) is 0 Å². The van der Waals surface area contributed by atoms with Gasteiger partial charge in [0.2, 0.25) is 0 Å². The molecular formula is C9H9FINO2. The third-order valence-electron chi connectivity index (χ3n) is 1.77. The number of hydrogen-bond acceptors (Lipinski definition) is 2. The Kier molecular flexibility index (Phi) is 3.82. The summed E-state index contributed by atoms with van der Waals surface area (Å²) in [5.41, 5.74) is 6.25. The van der Waals surface area contributed by atoms with Crippen molar-refractivity contribution in [3.8, 4) is 0 Å². The topological polar surface area (TPSA) is 63.3 Å². The van der Waals surface area contributed by atoms with Crippen molar-refractivity contribution in [2.24, 2.45) is 5.73 Å². The van der Waals surface area contributed by atoms with Crippen molar-refractivity contribution in [3.05, 3.63) is 33.1 Å². The zero-order chi connectivity index (χ0) is 10.7. The Labute approximate surface area is 94.2 Å². The molecule has 0 aliphatic carbocycles. The van der Waals surface area contributed by atoms with Crippen LogP contribution in [0.25, 0.3) is 0 Å². The summed E-state index contributed by atoms with van der Waals surface area (Å²) in [6.07, 6.45) is -0.151. The highest BCUT2D eigenvalue weighted by atomic mass is 127. The quantitative estimate of drug-likeness (QED) is 0.838. The normalized spacial score (nSPS) is 12.5. The van der Waals surface area contributed by atoms with Crippen LogP contribution in [0.15, 0.2) is 18.2 Å². The number of carboxylic acids is 1. The van der Waals surface area contributed by atoms with Gasteiger partial charge < -0.3 is 10.8 Å². The van der Waals surface area contributed by atoms with Gasteiger partial charge in [-0.2, -0.15) is 0 Å². The van der Waals surface area contributed by atoms with Gasteiger partial charge in [0.1, 0.15) is 5.82 Å². The largest absolute Gasteiger partial charge is 0.481 e. The molecule has 0 unspecified atom stereocenters. The zero-order valence-corrected chi connectivity index (χ0v) is 9.36. The molecule has 14 heavy (non-hydrogen) atoms. The molecule has 0 spiro atoms. The number of aliphatic carboxylic acids is 1. The van der Waals surface area contributed by atoms with E-state index in [9.17, 15) is 9.18 Å². The number of benzene rings is 1. The molecule has 3 N–H and O–H groups in total. The average Bonchev–Trinajstić information content (AvgIpc) is 2.08. The Morgan fingerprint density at radius 3 is 2.79 bits per heavy atom. The molecule has 1 aromatic carbocycles. The lowest BCUT2D eigenvalue weighted by Crippen LogP contribution is -2.15. The number of nitrogens with two attached hydrogens (primary N) is 1. The molecule has 76 valence electrons. The van der Waals surface area contributed by atoms with Crippen LogP contribution in [-0.4, -0.2) is 11.1 Å². The van der Waals surface area contributed by atoms with Crippen molar-refractivity contribution >= 4 is 28.6 Å². The predicted octanol–water partition coefficient (Wildman–Crippen LogP) is 1.90. The Morgan fingerprint density at radius 2 is 2.29 bits per heavy atom. The molecular weight excluding hydrogens is 300 g/mol. The van der Waals surface area contributed by atoms with Crippen molar-refractivity contribution in [2.75, 3.05) is 0 Å². The first kappa shape index (κ1) is 11.4. The minimum absolute atomic E-state index is 0.151. The van der Waals surface area contributed by atoms with Crippen molar-refractivity contribution < 1.29 is 14.3 Å². The lowest BCUT2D eigenvalue weighted by molar-refractivity contribution is -0.137. The van der Waals surface area contributed by atoms with Gasteiger partial charge in [0.05, 0.1) is 6.42 Å². The van der Waals surface area contributed by atoms with Crippen molar-refractivity contribution in [1.29, 1.82) is 0 Å². The molecule has 0 aliphatic heterocycles. The molecule has 0 bridgehead atoms. The number of carbonyl (C=O) groups is 1. The summed E-state index contributed by atoms with van der Waals surface area (Å²) in [5, 5.41) is 8.51. The lowest BCUT2D eigenvalue weighted by atomic mass is 10.1. The zero-order valence-electron chi connectivity index (χ0n) is 7.21. The number of carboxylic acid groups (broad SMARTS) is 1. The van der Waals surface area contributed by atoms with Crippen LogP contribution in [0.1, 0.15) is 18.0 Å². The number of halogens is 2. The summed E-state index contributed by atoms with van der Waals surface area (Å²) in [6.45, 7) is 0. The second kappa shape index (κ2) is 4.70. The highest BCUT2D eigenvalue weighted by Crippen LogP contribution is 2.19. The number of hydrogen-bond donors (Lipinski definition) is 2. The lowest BCUT2D eigenvalue weighted by Gasteiger charge is -2.09. The van der Waals surface area contributed by atoms with E-state index < -0.39 is 12.0 Å². The van der Waals surface area contributed by atoms with Crippen molar-refractivity contribution in [1.82, 2.24) is 0 Å². The van der Waals surface area contributed by atoms with Crippen LogP contribution in [0.4, 0.5) is 4.39 Å². The molecule has 5 heteroatoms. The molecule has 0 radical (unpaired) electrons. The van der Waals surface area contributed by atoms with Crippen LogP contribution in [0.5, 0.6) is 0 Å². The molecule has 1 atom stereocenters. The van der Waals surface area contributed by atoms with E-state index >= 15 is 0 Å². The average molecular weight is 309 g/mol. The van der Waals surface area contributed by atoms with Gasteiger partial charge in [-0.1, -0.05) is 6.07 Å². The molecule has 1 aromatic rings. The molecule has 1 rings (SSSR count). The standard InChI is InChI=1S/C9H9FINO2/c10-6-2-1-5(3-7(6)11)8(12)4-9(13)14/h1-3,8H,4,12H2,(H,13,14)/t8-/m1/s1. The Bertz CT molecular complexity index is 357. The molecule has 0 aromatic heterocycles. The molecule has 0 aliphatic rings. The first-order valence-corrected chi connectivity index (χ1v) is 5.01. The van der Waals surface area contributed by atoms with Crippen LogP contribution in [0.3, 0.4) is 0 Å². The van der Waals surface area contributed by atoms with Gasteiger partial charge in [-0.05, 0) is 40.3 Å². The first-order chi connectivity index (χ1) is 6.50. The van der Waals surface area contributed by atoms with E-state index in [0.29, 0.717) is 9.13 Å². The van der Waals surface area contributed by atoms with E-state index in [1.165, 1.54) is 12.1 Å². The van der Waals surface area contributed by atoms with Crippen LogP contribution in [0, 0.1) is 9.39 Å². The predicted molar refractivity (Wildman–Crippen MR) is 58.3 cm³/mol. The van der Waals surface area contributed by atoms with Crippen LogP contribution < -0.4 is 5.73 Å². The van der Waals surface area contributed by atoms with E-state index in [2.05, 4.69) is 0 Å². The maximum atomic E-state index is 12.9. The minimum Gasteiger partial charge on any atom is -0.481 e. The third kappa shape index (κ3) is 2.91. The highest BCUT2D eigenvalue weighted by molar-refractivity contribution is 14.1. The number of rotatable bonds is 3. The highest BCUT2D eigenvalue weighted by Gasteiger charge is 2.11. The third-order valence-corrected chi connectivity index (χ3v) is 2.59. The molecule has 3 nitrogen and oxygen atoms in total. The fourth-order valence-corrected chi connectivity index (χ4v) is 1.59. The van der Waals surface area contributed by atoms with E-state index in [0.717, 1.165) is 0 Å². The van der Waals surface area contributed by atoms with Gasteiger partial charge in [0, 0.05) is 9.61 Å². The summed E-state index contributed by atoms with van der Waals surface area (Å²) < 4.78 is 13.3. The van der Waals surface area contributed by atoms with Crippen LogP contribution in [0.2, 0.25) is 0 Å². The van der Waals surface area contributed by atoms with Gasteiger partial charge in [-0.25, -0.2) is 4.39 Å². The smallest absolute Gasteiger partial charge is 0.305 e. The second-order valence-corrected chi connectivity index (χ2v) is 4.04. The maximum absolute atomic E-state index is 12.9. The fourth-order valence-electron chi connectivity index (χ4n) is 1.05. The minimum atomic E-state index is -0.961. The van der Waals surface area contributed by atoms with Gasteiger partial charge >= 0.3 is 5.97 Å². The van der Waals surface area contributed by atoms with Crippen molar-refractivity contribution in [3.63, 3.8) is 0 Å². The molecule has 0 saturated heterocycles. The van der Waals surface area contributed by atoms with Gasteiger partial charge in [-0.3, -0.25) is 4.79 Å².